The number of fused-ring (bicyclic) bond motifs is 1. The van der Waals surface area contributed by atoms with Gasteiger partial charge in [0.05, 0.1) is 19.2 Å². The maximum Gasteiger partial charge on any atom is 0.490 e. The van der Waals surface area contributed by atoms with Crippen molar-refractivity contribution in [3.8, 4) is 0 Å². The van der Waals surface area contributed by atoms with Gasteiger partial charge in [0.2, 0.25) is 0 Å². The molecule has 11 heteroatoms. The van der Waals surface area contributed by atoms with Crippen LogP contribution in [0, 0.1) is 0 Å². The minimum atomic E-state index is -5.08. The van der Waals surface area contributed by atoms with Crippen LogP contribution in [-0.4, -0.2) is 82.6 Å². The van der Waals surface area contributed by atoms with E-state index in [2.05, 4.69) is 4.98 Å². The third kappa shape index (κ3) is 6.07. The number of hydrogen-bond donors (Lipinski definition) is 1. The van der Waals surface area contributed by atoms with Crippen molar-refractivity contribution >= 4 is 12.0 Å². The summed E-state index contributed by atoms with van der Waals surface area (Å²) in [6.07, 6.45) is 2.70. The summed E-state index contributed by atoms with van der Waals surface area (Å²) in [5.41, 5.74) is 1.05. The Morgan fingerprint density at radius 2 is 1.97 bits per heavy atom. The lowest BCUT2D eigenvalue weighted by molar-refractivity contribution is -0.192. The van der Waals surface area contributed by atoms with Gasteiger partial charge in [0.15, 0.2) is 0 Å². The quantitative estimate of drug-likeness (QED) is 0.769. The summed E-state index contributed by atoms with van der Waals surface area (Å²) in [4.78, 5) is 29.9. The lowest BCUT2D eigenvalue weighted by Gasteiger charge is -2.34. The number of aliphatic carboxylic acids is 1. The predicted octanol–water partition coefficient (Wildman–Crippen LogP) is 2.68. The molecule has 3 aliphatic heterocycles. The van der Waals surface area contributed by atoms with Gasteiger partial charge in [-0.15, -0.1) is 0 Å². The number of carboxylic acids is 1. The normalized spacial score (nSPS) is 25.6. The van der Waals surface area contributed by atoms with E-state index in [-0.39, 0.29) is 24.3 Å². The van der Waals surface area contributed by atoms with E-state index in [0.717, 1.165) is 50.9 Å². The number of aromatic nitrogens is 1. The highest BCUT2D eigenvalue weighted by Gasteiger charge is 2.47. The van der Waals surface area contributed by atoms with Gasteiger partial charge in [0, 0.05) is 32.1 Å². The summed E-state index contributed by atoms with van der Waals surface area (Å²) >= 11 is 0. The number of urea groups is 1. The van der Waals surface area contributed by atoms with Crippen LogP contribution in [0.2, 0.25) is 0 Å². The summed E-state index contributed by atoms with van der Waals surface area (Å²) in [5, 5.41) is 7.12. The number of rotatable bonds is 3. The fourth-order valence-electron chi connectivity index (χ4n) is 4.05. The monoisotopic (exact) mass is 445 g/mol. The molecule has 2 amide bonds. The molecule has 4 rings (SSSR count). The SMILES string of the molecule is O=C(N1CCCC1)N1C[C@@H](OCc2cccnc2)[C@H]2OCCC[C@H]21.O=C(O)C(F)(F)F. The van der Waals surface area contributed by atoms with E-state index in [9.17, 15) is 18.0 Å². The van der Waals surface area contributed by atoms with Crippen LogP contribution in [0.5, 0.6) is 0 Å². The molecule has 172 valence electrons. The number of amides is 2. The minimum absolute atomic E-state index is 0.00183. The number of alkyl halides is 3. The molecular weight excluding hydrogens is 419 g/mol. The van der Waals surface area contributed by atoms with Crippen molar-refractivity contribution in [2.45, 2.75) is 56.7 Å². The van der Waals surface area contributed by atoms with E-state index in [1.807, 2.05) is 28.1 Å². The molecule has 3 fully saturated rings. The lowest BCUT2D eigenvalue weighted by atomic mass is 10.0. The number of pyridine rings is 1. The van der Waals surface area contributed by atoms with Crippen molar-refractivity contribution in [3.63, 3.8) is 0 Å². The van der Waals surface area contributed by atoms with Gasteiger partial charge in [0.25, 0.3) is 0 Å². The first kappa shape index (κ1) is 23.3. The molecule has 3 saturated heterocycles. The smallest absolute Gasteiger partial charge is 0.475 e. The van der Waals surface area contributed by atoms with Gasteiger partial charge in [-0.1, -0.05) is 6.07 Å². The fourth-order valence-corrected chi connectivity index (χ4v) is 4.05. The Kier molecular flexibility index (Phi) is 7.71. The number of carbonyl (C=O) groups excluding carboxylic acids is 1. The van der Waals surface area contributed by atoms with Crippen LogP contribution in [0.1, 0.15) is 31.2 Å². The Bertz CT molecular complexity index is 743. The molecule has 0 radical (unpaired) electrons. The molecule has 1 N–H and O–H groups in total. The Morgan fingerprint density at radius 1 is 1.26 bits per heavy atom. The van der Waals surface area contributed by atoms with E-state index in [1.165, 1.54) is 0 Å². The second-order valence-corrected chi connectivity index (χ2v) is 7.69. The van der Waals surface area contributed by atoms with Crippen LogP contribution in [0.25, 0.3) is 0 Å². The average Bonchev–Trinajstić information content (AvgIpc) is 3.41. The zero-order valence-corrected chi connectivity index (χ0v) is 17.0. The molecule has 0 saturated carbocycles. The number of hydrogen-bond acceptors (Lipinski definition) is 5. The van der Waals surface area contributed by atoms with Gasteiger partial charge in [-0.05, 0) is 37.3 Å². The zero-order chi connectivity index (χ0) is 22.4. The molecule has 0 aliphatic carbocycles. The van der Waals surface area contributed by atoms with Gasteiger partial charge < -0.3 is 24.4 Å². The van der Waals surface area contributed by atoms with Crippen molar-refractivity contribution in [1.29, 1.82) is 0 Å². The first-order chi connectivity index (χ1) is 14.8. The van der Waals surface area contributed by atoms with Gasteiger partial charge in [-0.3, -0.25) is 4.98 Å². The van der Waals surface area contributed by atoms with Crippen molar-refractivity contribution < 1.29 is 37.3 Å². The molecule has 31 heavy (non-hydrogen) atoms. The van der Waals surface area contributed by atoms with E-state index in [4.69, 9.17) is 19.4 Å². The Labute approximate surface area is 177 Å². The molecule has 0 bridgehead atoms. The topological polar surface area (TPSA) is 92.2 Å². The van der Waals surface area contributed by atoms with E-state index < -0.39 is 12.1 Å². The molecular formula is C20H26F3N3O5. The molecule has 4 heterocycles. The highest BCUT2D eigenvalue weighted by atomic mass is 19.4. The standard InChI is InChI=1S/C18H25N3O3.C2HF3O2/c22-18(20-8-1-2-9-20)21-12-16(17-15(21)6-4-10-23-17)24-13-14-5-3-7-19-11-14;3-2(4,5)1(6)7/h3,5,7,11,15-17H,1-2,4,6,8-10,12-13H2;(H,6,7)/t15-,16-,17+;/m1./s1. The summed E-state index contributed by atoms with van der Waals surface area (Å²) < 4.78 is 43.9. The summed E-state index contributed by atoms with van der Waals surface area (Å²) in [7, 11) is 0. The highest BCUT2D eigenvalue weighted by Crippen LogP contribution is 2.32. The van der Waals surface area contributed by atoms with E-state index in [1.54, 1.807) is 6.20 Å². The minimum Gasteiger partial charge on any atom is -0.475 e. The Hall–Kier alpha value is -2.40. The number of likely N-dealkylation sites (tertiary alicyclic amines) is 2. The maximum absolute atomic E-state index is 12.9. The number of halogens is 3. The van der Waals surface area contributed by atoms with Crippen molar-refractivity contribution in [3.05, 3.63) is 30.1 Å². The second-order valence-electron chi connectivity index (χ2n) is 7.69. The number of ether oxygens (including phenoxy) is 2. The van der Waals surface area contributed by atoms with Crippen LogP contribution >= 0.6 is 0 Å². The molecule has 3 atom stereocenters. The summed E-state index contributed by atoms with van der Waals surface area (Å²) in [5.74, 6) is -2.76. The largest absolute Gasteiger partial charge is 0.490 e. The summed E-state index contributed by atoms with van der Waals surface area (Å²) in [6, 6.07) is 4.25. The molecule has 3 aliphatic rings. The van der Waals surface area contributed by atoms with Crippen LogP contribution in [-0.2, 0) is 20.9 Å². The molecule has 1 aromatic heterocycles. The first-order valence-corrected chi connectivity index (χ1v) is 10.2. The van der Waals surface area contributed by atoms with Crippen molar-refractivity contribution in [2.24, 2.45) is 0 Å². The number of carboxylic acid groups (broad SMARTS) is 1. The second kappa shape index (κ2) is 10.3. The van der Waals surface area contributed by atoms with Crippen LogP contribution in [0.15, 0.2) is 24.5 Å². The van der Waals surface area contributed by atoms with E-state index in [0.29, 0.717) is 13.2 Å². The molecule has 1 aromatic rings. The van der Waals surface area contributed by atoms with Crippen molar-refractivity contribution in [1.82, 2.24) is 14.8 Å². The van der Waals surface area contributed by atoms with Gasteiger partial charge in [-0.25, -0.2) is 9.59 Å². The number of nitrogens with zero attached hydrogens (tertiary/aromatic N) is 3. The summed E-state index contributed by atoms with van der Waals surface area (Å²) in [6.45, 7) is 3.67. The Balaban J connectivity index is 0.000000339. The molecule has 0 unspecified atom stereocenters. The lowest BCUT2D eigenvalue weighted by Crippen LogP contribution is -2.48. The van der Waals surface area contributed by atoms with Crippen LogP contribution in [0.3, 0.4) is 0 Å². The first-order valence-electron chi connectivity index (χ1n) is 10.2. The van der Waals surface area contributed by atoms with Crippen molar-refractivity contribution in [2.75, 3.05) is 26.2 Å². The van der Waals surface area contributed by atoms with Gasteiger partial charge in [-0.2, -0.15) is 13.2 Å². The maximum atomic E-state index is 12.9. The third-order valence-corrected chi connectivity index (χ3v) is 5.53. The zero-order valence-electron chi connectivity index (χ0n) is 17.0. The number of carbonyl (C=O) groups is 2. The molecule has 0 aromatic carbocycles. The Morgan fingerprint density at radius 3 is 2.58 bits per heavy atom. The average molecular weight is 445 g/mol. The molecule has 8 nitrogen and oxygen atoms in total. The molecule has 0 spiro atoms. The van der Waals surface area contributed by atoms with E-state index >= 15 is 0 Å². The third-order valence-electron chi connectivity index (χ3n) is 5.53. The van der Waals surface area contributed by atoms with Crippen LogP contribution in [0.4, 0.5) is 18.0 Å². The highest BCUT2D eigenvalue weighted by molar-refractivity contribution is 5.75. The van der Waals surface area contributed by atoms with Crippen LogP contribution < -0.4 is 0 Å². The van der Waals surface area contributed by atoms with Gasteiger partial charge in [0.1, 0.15) is 12.2 Å². The van der Waals surface area contributed by atoms with Gasteiger partial charge >= 0.3 is 18.2 Å². The fraction of sp³-hybridized carbons (Fsp3) is 0.650. The predicted molar refractivity (Wildman–Crippen MR) is 102 cm³/mol.